The van der Waals surface area contributed by atoms with Gasteiger partial charge < -0.3 is 14.7 Å². The van der Waals surface area contributed by atoms with Gasteiger partial charge in [-0.05, 0) is 43.4 Å². The highest BCUT2D eigenvalue weighted by Crippen LogP contribution is 2.22. The summed E-state index contributed by atoms with van der Waals surface area (Å²) in [4.78, 5) is 31.0. The summed E-state index contributed by atoms with van der Waals surface area (Å²) < 4.78 is 0. The Morgan fingerprint density at radius 1 is 1.04 bits per heavy atom. The van der Waals surface area contributed by atoms with Crippen molar-refractivity contribution in [3.8, 4) is 0 Å². The number of amides is 3. The zero-order chi connectivity index (χ0) is 17.8. The van der Waals surface area contributed by atoms with Crippen LogP contribution in [0.2, 0.25) is 0 Å². The Kier molecular flexibility index (Phi) is 5.61. The summed E-state index contributed by atoms with van der Waals surface area (Å²) in [6.45, 7) is 8.20. The Bertz CT molecular complexity index is 606. The van der Waals surface area contributed by atoms with Gasteiger partial charge in [0.1, 0.15) is 0 Å². The molecule has 0 N–H and O–H groups in total. The van der Waals surface area contributed by atoms with Crippen LogP contribution in [-0.4, -0.2) is 65.4 Å². The Morgan fingerprint density at radius 2 is 1.72 bits per heavy atom. The highest BCUT2D eigenvalue weighted by atomic mass is 16.2. The van der Waals surface area contributed by atoms with Crippen LogP contribution in [0.25, 0.3) is 0 Å². The molecular weight excluding hydrogens is 314 g/mol. The third-order valence-corrected chi connectivity index (χ3v) is 5.42. The van der Waals surface area contributed by atoms with Crippen LogP contribution in [0, 0.1) is 0 Å². The Labute approximate surface area is 150 Å². The monoisotopic (exact) mass is 343 g/mol. The average molecular weight is 343 g/mol. The number of piperidine rings is 1. The van der Waals surface area contributed by atoms with Crippen LogP contribution >= 0.6 is 0 Å². The van der Waals surface area contributed by atoms with Gasteiger partial charge in [-0.2, -0.15) is 0 Å². The Morgan fingerprint density at radius 3 is 2.32 bits per heavy atom. The molecule has 1 aromatic carbocycles. The second kappa shape index (κ2) is 7.89. The van der Waals surface area contributed by atoms with E-state index in [2.05, 4.69) is 13.8 Å². The largest absolute Gasteiger partial charge is 0.338 e. The van der Waals surface area contributed by atoms with E-state index in [1.54, 1.807) is 0 Å². The molecule has 2 heterocycles. The van der Waals surface area contributed by atoms with E-state index in [1.807, 2.05) is 39.0 Å². The van der Waals surface area contributed by atoms with E-state index in [-0.39, 0.29) is 18.0 Å². The van der Waals surface area contributed by atoms with Gasteiger partial charge in [0.25, 0.3) is 5.91 Å². The van der Waals surface area contributed by atoms with Gasteiger partial charge in [0.05, 0.1) is 0 Å². The van der Waals surface area contributed by atoms with Crippen molar-refractivity contribution in [2.75, 3.05) is 32.7 Å². The fourth-order valence-corrected chi connectivity index (χ4v) is 3.86. The Balaban J connectivity index is 1.54. The molecule has 2 aliphatic rings. The van der Waals surface area contributed by atoms with Gasteiger partial charge in [0.15, 0.2) is 0 Å². The second-order valence-electron chi connectivity index (χ2n) is 7.04. The number of carbonyl (C=O) groups excluding carboxylic acids is 2. The lowest BCUT2D eigenvalue weighted by atomic mass is 10.0. The van der Waals surface area contributed by atoms with Crippen LogP contribution in [0.15, 0.2) is 24.3 Å². The third kappa shape index (κ3) is 3.80. The molecule has 0 unspecified atom stereocenters. The molecule has 5 heteroatoms. The van der Waals surface area contributed by atoms with Gasteiger partial charge in [-0.15, -0.1) is 0 Å². The number of carbonyl (C=O) groups is 2. The first kappa shape index (κ1) is 17.8. The SMILES string of the molecule is CCCN1CCN(C2CCN(C(=O)c3ccc(CC)cc3)CC2)C1=O. The number of hydrogen-bond acceptors (Lipinski definition) is 2. The molecule has 1 aromatic rings. The molecule has 3 rings (SSSR count). The van der Waals surface area contributed by atoms with Crippen LogP contribution in [0.3, 0.4) is 0 Å². The van der Waals surface area contributed by atoms with Crippen molar-refractivity contribution in [1.29, 1.82) is 0 Å². The lowest BCUT2D eigenvalue weighted by molar-refractivity contribution is 0.0663. The molecule has 0 spiro atoms. The average Bonchev–Trinajstić information content (AvgIpc) is 3.02. The van der Waals surface area contributed by atoms with Crippen LogP contribution < -0.4 is 0 Å². The molecular formula is C20H29N3O2. The van der Waals surface area contributed by atoms with Gasteiger partial charge in [0, 0.05) is 44.3 Å². The van der Waals surface area contributed by atoms with Crippen molar-refractivity contribution in [3.63, 3.8) is 0 Å². The normalized spacial score (nSPS) is 19.0. The zero-order valence-corrected chi connectivity index (χ0v) is 15.4. The molecule has 0 atom stereocenters. The maximum Gasteiger partial charge on any atom is 0.320 e. The first-order chi connectivity index (χ1) is 12.1. The van der Waals surface area contributed by atoms with E-state index < -0.39 is 0 Å². The lowest BCUT2D eigenvalue weighted by Gasteiger charge is -2.36. The zero-order valence-electron chi connectivity index (χ0n) is 15.4. The molecule has 2 saturated heterocycles. The molecule has 2 fully saturated rings. The minimum Gasteiger partial charge on any atom is -0.338 e. The molecule has 3 amide bonds. The predicted octanol–water partition coefficient (Wildman–Crippen LogP) is 3.00. The van der Waals surface area contributed by atoms with Gasteiger partial charge in [-0.25, -0.2) is 4.79 Å². The van der Waals surface area contributed by atoms with E-state index in [0.29, 0.717) is 0 Å². The molecule has 25 heavy (non-hydrogen) atoms. The van der Waals surface area contributed by atoms with Crippen molar-refractivity contribution < 1.29 is 9.59 Å². The van der Waals surface area contributed by atoms with Crippen molar-refractivity contribution in [2.45, 2.75) is 45.6 Å². The van der Waals surface area contributed by atoms with Crippen LogP contribution in [0.5, 0.6) is 0 Å². The molecule has 0 saturated carbocycles. The van der Waals surface area contributed by atoms with Crippen molar-refractivity contribution in [3.05, 3.63) is 35.4 Å². The smallest absolute Gasteiger partial charge is 0.320 e. The summed E-state index contributed by atoms with van der Waals surface area (Å²) in [6.07, 6.45) is 3.75. The highest BCUT2D eigenvalue weighted by molar-refractivity contribution is 5.94. The van der Waals surface area contributed by atoms with Gasteiger partial charge in [-0.3, -0.25) is 4.79 Å². The number of aryl methyl sites for hydroxylation is 1. The highest BCUT2D eigenvalue weighted by Gasteiger charge is 2.35. The molecule has 2 aliphatic heterocycles. The molecule has 0 aliphatic carbocycles. The summed E-state index contributed by atoms with van der Waals surface area (Å²) >= 11 is 0. The minimum atomic E-state index is 0.112. The molecule has 0 aromatic heterocycles. The van der Waals surface area contributed by atoms with Crippen molar-refractivity contribution in [1.82, 2.24) is 14.7 Å². The first-order valence-corrected chi connectivity index (χ1v) is 9.57. The van der Waals surface area contributed by atoms with Crippen molar-refractivity contribution >= 4 is 11.9 Å². The maximum atomic E-state index is 12.7. The fourth-order valence-electron chi connectivity index (χ4n) is 3.86. The number of urea groups is 1. The van der Waals surface area contributed by atoms with Gasteiger partial charge in [-0.1, -0.05) is 26.0 Å². The summed E-state index contributed by atoms with van der Waals surface area (Å²) in [7, 11) is 0. The quantitative estimate of drug-likeness (QED) is 0.825. The topological polar surface area (TPSA) is 43.9 Å². The van der Waals surface area contributed by atoms with E-state index in [0.717, 1.165) is 64.0 Å². The van der Waals surface area contributed by atoms with Crippen LogP contribution in [0.4, 0.5) is 4.79 Å². The standard InChI is InChI=1S/C20H29N3O2/c1-3-11-22-14-15-23(20(22)25)18-9-12-21(13-10-18)19(24)17-7-5-16(4-2)6-8-17/h5-8,18H,3-4,9-15H2,1-2H3. The van der Waals surface area contributed by atoms with E-state index >= 15 is 0 Å². The minimum absolute atomic E-state index is 0.112. The number of benzene rings is 1. The third-order valence-electron chi connectivity index (χ3n) is 5.42. The van der Waals surface area contributed by atoms with Crippen molar-refractivity contribution in [2.24, 2.45) is 0 Å². The first-order valence-electron chi connectivity index (χ1n) is 9.57. The maximum absolute atomic E-state index is 12.7. The Hall–Kier alpha value is -2.04. The van der Waals surface area contributed by atoms with E-state index in [9.17, 15) is 9.59 Å². The van der Waals surface area contributed by atoms with Gasteiger partial charge >= 0.3 is 6.03 Å². The number of rotatable bonds is 5. The van der Waals surface area contributed by atoms with Crippen LogP contribution in [-0.2, 0) is 6.42 Å². The fraction of sp³-hybridized carbons (Fsp3) is 0.600. The lowest BCUT2D eigenvalue weighted by Crippen LogP contribution is -2.48. The molecule has 136 valence electrons. The number of hydrogen-bond donors (Lipinski definition) is 0. The predicted molar refractivity (Wildman–Crippen MR) is 98.7 cm³/mol. The number of likely N-dealkylation sites (tertiary alicyclic amines) is 1. The van der Waals surface area contributed by atoms with Crippen LogP contribution in [0.1, 0.15) is 49.0 Å². The molecule has 0 bridgehead atoms. The summed E-state index contributed by atoms with van der Waals surface area (Å²) in [5, 5.41) is 0. The molecule has 0 radical (unpaired) electrons. The van der Waals surface area contributed by atoms with E-state index in [1.165, 1.54) is 5.56 Å². The summed E-state index contributed by atoms with van der Waals surface area (Å²) in [6, 6.07) is 8.39. The second-order valence-corrected chi connectivity index (χ2v) is 7.04. The number of nitrogens with zero attached hydrogens (tertiary/aromatic N) is 3. The summed E-state index contributed by atoms with van der Waals surface area (Å²) in [5.74, 6) is 0.112. The van der Waals surface area contributed by atoms with Gasteiger partial charge in [0.2, 0.25) is 0 Å². The van der Waals surface area contributed by atoms with E-state index in [4.69, 9.17) is 0 Å². The summed E-state index contributed by atoms with van der Waals surface area (Å²) in [5.41, 5.74) is 2.02. The molecule has 5 nitrogen and oxygen atoms in total.